The van der Waals surface area contributed by atoms with Crippen LogP contribution in [0.15, 0.2) is 48.8 Å². The van der Waals surface area contributed by atoms with Gasteiger partial charge in [0.05, 0.1) is 18.3 Å². The van der Waals surface area contributed by atoms with Crippen LogP contribution in [0.2, 0.25) is 0 Å². The summed E-state index contributed by atoms with van der Waals surface area (Å²) in [6.45, 7) is 5.35. The highest BCUT2D eigenvalue weighted by atomic mass is 16.5. The summed E-state index contributed by atoms with van der Waals surface area (Å²) in [6, 6.07) is 12.3. The second-order valence-electron chi connectivity index (χ2n) is 7.50. The fraction of sp³-hybridized carbons (Fsp3) is 0.391. The number of hydrogen-bond acceptors (Lipinski definition) is 4. The van der Waals surface area contributed by atoms with E-state index in [0.29, 0.717) is 12.6 Å². The maximum absolute atomic E-state index is 12.7. The molecule has 1 saturated heterocycles. The molecular weight excluding hydrogens is 364 g/mol. The van der Waals surface area contributed by atoms with Gasteiger partial charge in [-0.2, -0.15) is 0 Å². The van der Waals surface area contributed by atoms with Gasteiger partial charge < -0.3 is 14.6 Å². The summed E-state index contributed by atoms with van der Waals surface area (Å²) in [7, 11) is 1.66. The Hall–Kier alpha value is -2.86. The maximum atomic E-state index is 12.7. The molecule has 0 aliphatic carbocycles. The summed E-state index contributed by atoms with van der Waals surface area (Å²) >= 11 is 0. The van der Waals surface area contributed by atoms with Crippen molar-refractivity contribution in [2.24, 2.45) is 0 Å². The molecule has 3 aromatic rings. The molecule has 2 aromatic heterocycles. The number of likely N-dealkylation sites (tertiary alicyclic amines) is 1. The molecular formula is C23H28N4O2. The van der Waals surface area contributed by atoms with Crippen molar-refractivity contribution in [3.05, 3.63) is 48.8 Å². The molecule has 1 fully saturated rings. The lowest BCUT2D eigenvalue weighted by molar-refractivity contribution is -0.121. The molecule has 1 atom stereocenters. The Labute approximate surface area is 171 Å². The van der Waals surface area contributed by atoms with Crippen LogP contribution in [-0.4, -0.2) is 53.1 Å². The zero-order valence-electron chi connectivity index (χ0n) is 17.1. The summed E-state index contributed by atoms with van der Waals surface area (Å²) in [6.07, 6.45) is 6.14. The third-order valence-electron chi connectivity index (χ3n) is 5.77. The number of nitrogens with zero attached hydrogens (tertiary/aromatic N) is 3. The third kappa shape index (κ3) is 4.12. The lowest BCUT2D eigenvalue weighted by Gasteiger charge is -2.23. The summed E-state index contributed by atoms with van der Waals surface area (Å²) in [5.41, 5.74) is 2.79. The van der Waals surface area contributed by atoms with Crippen molar-refractivity contribution in [1.29, 1.82) is 0 Å². The molecule has 1 aliphatic rings. The monoisotopic (exact) mass is 392 g/mol. The Morgan fingerprint density at radius 3 is 3.03 bits per heavy atom. The van der Waals surface area contributed by atoms with Crippen molar-refractivity contribution in [3.63, 3.8) is 0 Å². The number of aromatic nitrogens is 2. The van der Waals surface area contributed by atoms with E-state index in [9.17, 15) is 4.79 Å². The molecule has 6 nitrogen and oxygen atoms in total. The van der Waals surface area contributed by atoms with E-state index in [4.69, 9.17) is 4.74 Å². The van der Waals surface area contributed by atoms with Crippen LogP contribution < -0.4 is 10.1 Å². The van der Waals surface area contributed by atoms with Crippen LogP contribution in [0, 0.1) is 0 Å². The van der Waals surface area contributed by atoms with Gasteiger partial charge in [0.15, 0.2) is 0 Å². The molecule has 29 heavy (non-hydrogen) atoms. The number of amides is 1. The van der Waals surface area contributed by atoms with Gasteiger partial charge in [-0.25, -0.2) is 0 Å². The molecule has 0 bridgehead atoms. The van der Waals surface area contributed by atoms with E-state index in [1.54, 1.807) is 13.3 Å². The van der Waals surface area contributed by atoms with Gasteiger partial charge in [-0.05, 0) is 50.2 Å². The Morgan fingerprint density at radius 2 is 2.21 bits per heavy atom. The quantitative estimate of drug-likeness (QED) is 0.670. The minimum Gasteiger partial charge on any atom is -0.497 e. The molecule has 0 radical (unpaired) electrons. The van der Waals surface area contributed by atoms with E-state index in [2.05, 4.69) is 22.1 Å². The normalized spacial score (nSPS) is 17.0. The zero-order chi connectivity index (χ0) is 20.2. The molecule has 0 unspecified atom stereocenters. The largest absolute Gasteiger partial charge is 0.497 e. The van der Waals surface area contributed by atoms with E-state index in [-0.39, 0.29) is 12.5 Å². The summed E-state index contributed by atoms with van der Waals surface area (Å²) in [5, 5.41) is 4.20. The molecule has 0 saturated carbocycles. The molecule has 0 spiro atoms. The van der Waals surface area contributed by atoms with Gasteiger partial charge in [0, 0.05) is 35.9 Å². The first-order valence-electron chi connectivity index (χ1n) is 10.3. The van der Waals surface area contributed by atoms with Gasteiger partial charge in [0.2, 0.25) is 5.91 Å². The van der Waals surface area contributed by atoms with E-state index in [1.165, 1.54) is 6.42 Å². The average Bonchev–Trinajstić information content (AvgIpc) is 3.39. The highest BCUT2D eigenvalue weighted by molar-refractivity contribution is 5.93. The first-order valence-corrected chi connectivity index (χ1v) is 10.3. The van der Waals surface area contributed by atoms with Gasteiger partial charge in [0.1, 0.15) is 12.3 Å². The number of fused-ring (bicyclic) bond motifs is 1. The van der Waals surface area contributed by atoms with Crippen molar-refractivity contribution in [3.8, 4) is 17.0 Å². The first kappa shape index (κ1) is 19.5. The number of benzene rings is 1. The summed E-state index contributed by atoms with van der Waals surface area (Å²) in [5.74, 6) is 0.820. The zero-order valence-corrected chi connectivity index (χ0v) is 17.1. The van der Waals surface area contributed by atoms with Crippen molar-refractivity contribution >= 4 is 16.8 Å². The van der Waals surface area contributed by atoms with E-state index in [0.717, 1.165) is 47.4 Å². The molecule has 1 aliphatic heterocycles. The van der Waals surface area contributed by atoms with Crippen molar-refractivity contribution in [2.45, 2.75) is 32.4 Å². The van der Waals surface area contributed by atoms with Crippen molar-refractivity contribution < 1.29 is 9.53 Å². The molecule has 4 rings (SSSR count). The van der Waals surface area contributed by atoms with Gasteiger partial charge in [-0.3, -0.25) is 14.7 Å². The lowest BCUT2D eigenvalue weighted by atomic mass is 10.1. The van der Waals surface area contributed by atoms with Crippen LogP contribution in [0.5, 0.6) is 5.75 Å². The highest BCUT2D eigenvalue weighted by Gasteiger charge is 2.23. The predicted molar refractivity (Wildman–Crippen MR) is 115 cm³/mol. The highest BCUT2D eigenvalue weighted by Crippen LogP contribution is 2.29. The van der Waals surface area contributed by atoms with Crippen LogP contribution >= 0.6 is 0 Å². The average molecular weight is 393 g/mol. The number of methoxy groups -OCH3 is 1. The molecule has 1 amide bonds. The topological polar surface area (TPSA) is 59.4 Å². The molecule has 1 aromatic carbocycles. The number of carbonyl (C=O) groups excluding carboxylic acids is 1. The van der Waals surface area contributed by atoms with Gasteiger partial charge >= 0.3 is 0 Å². The summed E-state index contributed by atoms with van der Waals surface area (Å²) < 4.78 is 7.35. The third-order valence-corrected chi connectivity index (χ3v) is 5.77. The minimum atomic E-state index is 0.0332. The van der Waals surface area contributed by atoms with E-state index >= 15 is 0 Å². The fourth-order valence-electron chi connectivity index (χ4n) is 4.25. The standard InChI is InChI=1S/C23H28N4O2/c1-3-26-12-5-7-19(26)15-25-21(28)16-27-13-10-17-9-11-24-22(23(17)27)18-6-4-8-20(14-18)29-2/h4,6,8-11,13-14,19H,3,5,7,12,15-16H2,1-2H3,(H,25,28)/t19-/m0/s1. The first-order chi connectivity index (χ1) is 14.2. The van der Waals surface area contributed by atoms with Gasteiger partial charge in [0.25, 0.3) is 0 Å². The van der Waals surface area contributed by atoms with Crippen LogP contribution in [0.3, 0.4) is 0 Å². The molecule has 6 heteroatoms. The fourth-order valence-corrected chi connectivity index (χ4v) is 4.25. The second-order valence-corrected chi connectivity index (χ2v) is 7.50. The second kappa shape index (κ2) is 8.66. The Morgan fingerprint density at radius 1 is 1.31 bits per heavy atom. The smallest absolute Gasteiger partial charge is 0.239 e. The van der Waals surface area contributed by atoms with Gasteiger partial charge in [-0.1, -0.05) is 19.1 Å². The van der Waals surface area contributed by atoms with Gasteiger partial charge in [-0.15, -0.1) is 0 Å². The SMILES string of the molecule is CCN1CCC[C@H]1CNC(=O)Cn1ccc2ccnc(-c3cccc(OC)c3)c21. The van der Waals surface area contributed by atoms with Crippen LogP contribution in [-0.2, 0) is 11.3 Å². The number of ether oxygens (including phenoxy) is 1. The minimum absolute atomic E-state index is 0.0332. The number of nitrogens with one attached hydrogen (secondary N) is 1. The Kier molecular flexibility index (Phi) is 5.81. The number of pyridine rings is 1. The van der Waals surface area contributed by atoms with E-state index in [1.807, 2.05) is 47.2 Å². The Bertz CT molecular complexity index is 997. The molecule has 1 N–H and O–H groups in total. The van der Waals surface area contributed by atoms with Crippen LogP contribution in [0.4, 0.5) is 0 Å². The molecule has 3 heterocycles. The van der Waals surface area contributed by atoms with Crippen molar-refractivity contribution in [1.82, 2.24) is 19.8 Å². The van der Waals surface area contributed by atoms with Crippen molar-refractivity contribution in [2.75, 3.05) is 26.7 Å². The maximum Gasteiger partial charge on any atom is 0.239 e. The number of likely N-dealkylation sites (N-methyl/N-ethyl adjacent to an activating group) is 1. The Balaban J connectivity index is 1.54. The number of hydrogen-bond donors (Lipinski definition) is 1. The molecule has 152 valence electrons. The predicted octanol–water partition coefficient (Wildman–Crippen LogP) is 3.31. The van der Waals surface area contributed by atoms with Crippen LogP contribution in [0.1, 0.15) is 19.8 Å². The summed E-state index contributed by atoms with van der Waals surface area (Å²) in [4.78, 5) is 19.7. The number of rotatable bonds is 7. The number of carbonyl (C=O) groups is 1. The lowest BCUT2D eigenvalue weighted by Crippen LogP contribution is -2.41. The van der Waals surface area contributed by atoms with E-state index < -0.39 is 0 Å². The van der Waals surface area contributed by atoms with Crippen LogP contribution in [0.25, 0.3) is 22.2 Å².